The first-order chi connectivity index (χ1) is 11.4. The summed E-state index contributed by atoms with van der Waals surface area (Å²) >= 11 is 0. The predicted octanol–water partition coefficient (Wildman–Crippen LogP) is 1.42. The van der Waals surface area contributed by atoms with Crippen LogP contribution in [0.2, 0.25) is 0 Å². The molecule has 2 N–H and O–H groups in total. The van der Waals surface area contributed by atoms with Crippen LogP contribution in [-0.2, 0) is 4.74 Å². The third-order valence-corrected chi connectivity index (χ3v) is 4.23. The lowest BCUT2D eigenvalue weighted by atomic mass is 10.2. The third kappa shape index (κ3) is 5.54. The molecule has 2 heterocycles. The number of amides is 1. The second kappa shape index (κ2) is 8.55. The second-order valence-corrected chi connectivity index (χ2v) is 7.50. The van der Waals surface area contributed by atoms with E-state index in [1.165, 1.54) is 0 Å². The number of fused-ring (bicyclic) bond motifs is 1. The molecule has 7 nitrogen and oxygen atoms in total. The number of carbonyl (C=O) groups excluding carboxylic acids is 1. The summed E-state index contributed by atoms with van der Waals surface area (Å²) in [6.07, 6.45) is 3.93. The van der Waals surface area contributed by atoms with Crippen molar-refractivity contribution in [2.24, 2.45) is 4.99 Å². The Morgan fingerprint density at radius 2 is 2.04 bits per heavy atom. The van der Waals surface area contributed by atoms with Crippen LogP contribution < -0.4 is 5.32 Å². The number of hydrogen-bond donors (Lipinski definition) is 2. The molecular weight excluding hydrogens is 308 g/mol. The summed E-state index contributed by atoms with van der Waals surface area (Å²) in [7, 11) is 0. The van der Waals surface area contributed by atoms with Crippen molar-refractivity contribution >= 4 is 12.1 Å². The van der Waals surface area contributed by atoms with Crippen molar-refractivity contribution in [3.05, 3.63) is 0 Å². The van der Waals surface area contributed by atoms with Gasteiger partial charge in [-0.25, -0.2) is 4.79 Å². The molecule has 0 saturated carbocycles. The molecule has 7 heteroatoms. The molecule has 2 aliphatic heterocycles. The first kappa shape index (κ1) is 18.8. The van der Waals surface area contributed by atoms with E-state index >= 15 is 0 Å². The van der Waals surface area contributed by atoms with E-state index in [1.54, 1.807) is 4.90 Å². The van der Waals surface area contributed by atoms with E-state index in [-0.39, 0.29) is 18.7 Å². The Bertz CT molecular complexity index is 448. The van der Waals surface area contributed by atoms with Gasteiger partial charge >= 0.3 is 6.09 Å². The molecule has 0 bridgehead atoms. The zero-order valence-corrected chi connectivity index (χ0v) is 15.3. The van der Waals surface area contributed by atoms with Crippen LogP contribution in [0, 0.1) is 0 Å². The monoisotopic (exact) mass is 340 g/mol. The van der Waals surface area contributed by atoms with Crippen LogP contribution >= 0.6 is 0 Å². The number of ether oxygens (including phenoxy) is 1. The van der Waals surface area contributed by atoms with Crippen molar-refractivity contribution in [2.75, 3.05) is 39.3 Å². The Hall–Kier alpha value is -1.50. The van der Waals surface area contributed by atoms with E-state index in [9.17, 15) is 4.79 Å². The zero-order chi connectivity index (χ0) is 17.6. The number of aliphatic hydroxyl groups excluding tert-OH is 1. The van der Waals surface area contributed by atoms with Crippen molar-refractivity contribution < 1.29 is 14.6 Å². The van der Waals surface area contributed by atoms with E-state index in [2.05, 4.69) is 15.2 Å². The number of piperazine rings is 1. The third-order valence-electron chi connectivity index (χ3n) is 4.23. The smallest absolute Gasteiger partial charge is 0.410 e. The summed E-state index contributed by atoms with van der Waals surface area (Å²) in [4.78, 5) is 20.9. The first-order valence-electron chi connectivity index (χ1n) is 9.04. The minimum absolute atomic E-state index is 0.229. The van der Waals surface area contributed by atoms with Crippen LogP contribution in [0.4, 0.5) is 4.79 Å². The van der Waals surface area contributed by atoms with E-state index in [0.717, 1.165) is 51.3 Å². The quantitative estimate of drug-likeness (QED) is 0.715. The van der Waals surface area contributed by atoms with Crippen LogP contribution in [0.3, 0.4) is 0 Å². The minimum Gasteiger partial charge on any atom is -0.444 e. The fraction of sp³-hybridized carbons (Fsp3) is 0.882. The van der Waals surface area contributed by atoms with Gasteiger partial charge in [-0.2, -0.15) is 0 Å². The highest BCUT2D eigenvalue weighted by molar-refractivity contribution is 5.82. The van der Waals surface area contributed by atoms with Crippen LogP contribution in [0.15, 0.2) is 4.99 Å². The summed E-state index contributed by atoms with van der Waals surface area (Å²) in [5, 5.41) is 12.2. The lowest BCUT2D eigenvalue weighted by Gasteiger charge is -2.39. The number of rotatable bonds is 6. The minimum atomic E-state index is -0.455. The fourth-order valence-corrected chi connectivity index (χ4v) is 3.01. The van der Waals surface area contributed by atoms with Gasteiger partial charge in [-0.15, -0.1) is 0 Å². The molecule has 0 radical (unpaired) electrons. The largest absolute Gasteiger partial charge is 0.444 e. The van der Waals surface area contributed by atoms with E-state index in [0.29, 0.717) is 13.1 Å². The van der Waals surface area contributed by atoms with E-state index in [4.69, 9.17) is 9.84 Å². The van der Waals surface area contributed by atoms with Gasteiger partial charge in [0.25, 0.3) is 0 Å². The number of nitrogens with one attached hydrogen (secondary N) is 1. The standard InChI is InChI=1S/C17H32N4O3/c1-17(2,3)24-16(23)20-9-10-21-14(13-20)12-19-15(21)18-8-6-4-5-7-11-22/h14,22H,4-13H2,1-3H3,(H,18,19). The van der Waals surface area contributed by atoms with Gasteiger partial charge in [0.1, 0.15) is 5.60 Å². The highest BCUT2D eigenvalue weighted by atomic mass is 16.6. The average Bonchev–Trinajstić information content (AvgIpc) is 2.91. The van der Waals surface area contributed by atoms with Crippen LogP contribution in [0.1, 0.15) is 46.5 Å². The number of aliphatic imine (C=N–C) groups is 1. The molecule has 2 aliphatic rings. The summed E-state index contributed by atoms with van der Waals surface area (Å²) in [6, 6.07) is 0.253. The average molecular weight is 340 g/mol. The van der Waals surface area contributed by atoms with Crippen molar-refractivity contribution in [3.63, 3.8) is 0 Å². The Balaban J connectivity index is 1.71. The summed E-state index contributed by atoms with van der Waals surface area (Å²) < 4.78 is 5.46. The van der Waals surface area contributed by atoms with Gasteiger partial charge in [0.2, 0.25) is 0 Å². The van der Waals surface area contributed by atoms with Gasteiger partial charge in [0, 0.05) is 32.8 Å². The number of unbranched alkanes of at least 4 members (excludes halogenated alkanes) is 3. The van der Waals surface area contributed by atoms with Crippen molar-refractivity contribution in [1.29, 1.82) is 0 Å². The van der Waals surface area contributed by atoms with Crippen LogP contribution in [0.25, 0.3) is 0 Å². The van der Waals surface area contributed by atoms with Crippen molar-refractivity contribution in [2.45, 2.75) is 58.1 Å². The van der Waals surface area contributed by atoms with E-state index in [1.807, 2.05) is 20.8 Å². The number of hydrogen-bond acceptors (Lipinski definition) is 6. The molecule has 1 atom stereocenters. The molecule has 1 amide bonds. The molecule has 0 aromatic carbocycles. The van der Waals surface area contributed by atoms with Gasteiger partial charge in [-0.1, -0.05) is 12.8 Å². The number of aliphatic hydroxyl groups is 1. The molecule has 2 rings (SSSR count). The predicted molar refractivity (Wildman–Crippen MR) is 94.2 cm³/mol. The molecule has 24 heavy (non-hydrogen) atoms. The Kier molecular flexibility index (Phi) is 6.71. The normalized spacial score (nSPS) is 20.7. The molecule has 1 unspecified atom stereocenters. The first-order valence-corrected chi connectivity index (χ1v) is 9.04. The molecule has 0 aliphatic carbocycles. The SMILES string of the molecule is CC(C)(C)OC(=O)N1CCN2C(NCCCCCCO)=NCC2C1. The molecule has 0 aromatic heterocycles. The lowest BCUT2D eigenvalue weighted by molar-refractivity contribution is 0.0137. The topological polar surface area (TPSA) is 77.4 Å². The zero-order valence-electron chi connectivity index (χ0n) is 15.3. The summed E-state index contributed by atoms with van der Waals surface area (Å²) in [6.45, 7) is 9.72. The molecule has 1 saturated heterocycles. The van der Waals surface area contributed by atoms with Gasteiger partial charge in [0.05, 0.1) is 12.6 Å². The molecule has 0 aromatic rings. The van der Waals surface area contributed by atoms with Gasteiger partial charge in [-0.05, 0) is 33.6 Å². The molecule has 1 fully saturated rings. The van der Waals surface area contributed by atoms with Crippen LogP contribution in [-0.4, -0.2) is 77.9 Å². The number of guanidine groups is 1. The maximum Gasteiger partial charge on any atom is 0.410 e. The lowest BCUT2D eigenvalue weighted by Crippen LogP contribution is -2.57. The summed E-state index contributed by atoms with van der Waals surface area (Å²) in [5.74, 6) is 0.964. The van der Waals surface area contributed by atoms with Gasteiger partial charge in [0.15, 0.2) is 5.96 Å². The number of carbonyl (C=O) groups is 1. The highest BCUT2D eigenvalue weighted by Gasteiger charge is 2.36. The molecule has 138 valence electrons. The second-order valence-electron chi connectivity index (χ2n) is 7.50. The summed E-state index contributed by atoms with van der Waals surface area (Å²) in [5.41, 5.74) is -0.455. The fourth-order valence-electron chi connectivity index (χ4n) is 3.01. The Labute approximate surface area is 145 Å². The number of nitrogens with zero attached hydrogens (tertiary/aromatic N) is 3. The van der Waals surface area contributed by atoms with Crippen molar-refractivity contribution in [1.82, 2.24) is 15.1 Å². The molecular formula is C17H32N4O3. The van der Waals surface area contributed by atoms with Gasteiger partial charge in [-0.3, -0.25) is 4.99 Å². The van der Waals surface area contributed by atoms with Crippen LogP contribution in [0.5, 0.6) is 0 Å². The Morgan fingerprint density at radius 1 is 1.29 bits per heavy atom. The van der Waals surface area contributed by atoms with E-state index < -0.39 is 5.60 Å². The van der Waals surface area contributed by atoms with Crippen molar-refractivity contribution in [3.8, 4) is 0 Å². The highest BCUT2D eigenvalue weighted by Crippen LogP contribution is 2.18. The Morgan fingerprint density at radius 3 is 2.75 bits per heavy atom. The molecule has 0 spiro atoms. The van der Waals surface area contributed by atoms with Gasteiger partial charge < -0.3 is 25.0 Å². The maximum absolute atomic E-state index is 12.2. The maximum atomic E-state index is 12.2.